The number of nitrogen functional groups attached to an aromatic ring is 1. The Hall–Kier alpha value is -3.33. The third-order valence-corrected chi connectivity index (χ3v) is 3.40. The van der Waals surface area contributed by atoms with Crippen molar-refractivity contribution in [1.82, 2.24) is 0 Å². The van der Waals surface area contributed by atoms with Gasteiger partial charge in [0.1, 0.15) is 5.75 Å². The van der Waals surface area contributed by atoms with Crippen LogP contribution < -0.4 is 21.1 Å². The molecule has 0 fully saturated rings. The number of nitrogens with one attached hydrogen (secondary N) is 2. The van der Waals surface area contributed by atoms with Crippen LogP contribution in [-0.2, 0) is 9.59 Å². The number of halogens is 1. The number of nitrogens with two attached hydrogens (primary N) is 1. The van der Waals surface area contributed by atoms with Crippen molar-refractivity contribution in [3.8, 4) is 5.75 Å². The highest BCUT2D eigenvalue weighted by molar-refractivity contribution is 6.45. The molecule has 0 aliphatic rings. The van der Waals surface area contributed by atoms with Gasteiger partial charge in [-0.2, -0.15) is 0 Å². The van der Waals surface area contributed by atoms with Crippen molar-refractivity contribution < 1.29 is 19.2 Å². The fourth-order valence-corrected chi connectivity index (χ4v) is 2.13. The number of nitro benzene ring substituents is 1. The number of anilines is 3. The highest BCUT2D eigenvalue weighted by Crippen LogP contribution is 2.29. The Labute approximate surface area is 146 Å². The van der Waals surface area contributed by atoms with Gasteiger partial charge in [-0.1, -0.05) is 11.6 Å². The van der Waals surface area contributed by atoms with E-state index in [-0.39, 0.29) is 27.8 Å². The minimum atomic E-state index is -1.05. The van der Waals surface area contributed by atoms with Crippen molar-refractivity contribution in [3.63, 3.8) is 0 Å². The van der Waals surface area contributed by atoms with Gasteiger partial charge in [-0.3, -0.25) is 19.7 Å². The normalized spacial score (nSPS) is 10.0. The van der Waals surface area contributed by atoms with Crippen LogP contribution in [0.25, 0.3) is 0 Å². The average Bonchev–Trinajstić information content (AvgIpc) is 2.57. The van der Waals surface area contributed by atoms with Crippen LogP contribution in [0.15, 0.2) is 36.4 Å². The van der Waals surface area contributed by atoms with Crippen LogP contribution in [0.2, 0.25) is 5.02 Å². The summed E-state index contributed by atoms with van der Waals surface area (Å²) in [4.78, 5) is 34.2. The third kappa shape index (κ3) is 4.36. The molecule has 0 atom stereocenters. The van der Waals surface area contributed by atoms with E-state index in [2.05, 4.69) is 10.6 Å². The molecule has 130 valence electrons. The van der Waals surface area contributed by atoms with E-state index in [1.54, 1.807) is 0 Å². The Morgan fingerprint density at radius 1 is 1.12 bits per heavy atom. The summed E-state index contributed by atoms with van der Waals surface area (Å²) in [5, 5.41) is 15.6. The Morgan fingerprint density at radius 2 is 1.76 bits per heavy atom. The molecule has 2 amide bonds. The lowest BCUT2D eigenvalue weighted by Crippen LogP contribution is -2.29. The van der Waals surface area contributed by atoms with E-state index in [0.717, 1.165) is 6.07 Å². The van der Waals surface area contributed by atoms with Gasteiger partial charge < -0.3 is 21.1 Å². The molecular weight excluding hydrogens is 352 g/mol. The first kappa shape index (κ1) is 18.0. The van der Waals surface area contributed by atoms with Gasteiger partial charge in [0.15, 0.2) is 0 Å². The number of nitrogens with zero attached hydrogens (tertiary/aromatic N) is 1. The highest BCUT2D eigenvalue weighted by atomic mass is 35.5. The Kier molecular flexibility index (Phi) is 5.40. The number of hydrogen-bond acceptors (Lipinski definition) is 6. The number of non-ortho nitro benzene ring substituents is 1. The second-order valence-electron chi connectivity index (χ2n) is 4.79. The van der Waals surface area contributed by atoms with E-state index in [0.29, 0.717) is 5.69 Å². The molecule has 25 heavy (non-hydrogen) atoms. The van der Waals surface area contributed by atoms with Crippen molar-refractivity contribution >= 4 is 46.2 Å². The largest absolute Gasteiger partial charge is 0.495 e. The van der Waals surface area contributed by atoms with Crippen LogP contribution in [0.1, 0.15) is 0 Å². The predicted molar refractivity (Wildman–Crippen MR) is 92.8 cm³/mol. The van der Waals surface area contributed by atoms with Crippen LogP contribution in [0.4, 0.5) is 22.7 Å². The Morgan fingerprint density at radius 3 is 2.32 bits per heavy atom. The van der Waals surface area contributed by atoms with Gasteiger partial charge in [0.25, 0.3) is 5.69 Å². The number of hydrogen-bond donors (Lipinski definition) is 3. The van der Waals surface area contributed by atoms with Crippen molar-refractivity contribution in [2.24, 2.45) is 0 Å². The summed E-state index contributed by atoms with van der Waals surface area (Å²) in [6.45, 7) is 0. The van der Waals surface area contributed by atoms with Gasteiger partial charge in [-0.15, -0.1) is 0 Å². The molecule has 0 radical (unpaired) electrons. The summed E-state index contributed by atoms with van der Waals surface area (Å²) < 4.78 is 5.01. The number of rotatable bonds is 4. The highest BCUT2D eigenvalue weighted by Gasteiger charge is 2.19. The first-order valence-corrected chi connectivity index (χ1v) is 7.19. The lowest BCUT2D eigenvalue weighted by molar-refractivity contribution is -0.384. The molecule has 0 saturated carbocycles. The molecule has 0 aliphatic heterocycles. The lowest BCUT2D eigenvalue weighted by Gasteiger charge is -2.11. The Balaban J connectivity index is 2.17. The van der Waals surface area contributed by atoms with Crippen molar-refractivity contribution in [1.29, 1.82) is 0 Å². The molecule has 0 heterocycles. The van der Waals surface area contributed by atoms with Crippen molar-refractivity contribution in [2.75, 3.05) is 23.5 Å². The lowest BCUT2D eigenvalue weighted by atomic mass is 10.2. The molecule has 0 unspecified atom stereocenters. The van der Waals surface area contributed by atoms with Crippen molar-refractivity contribution in [3.05, 3.63) is 51.5 Å². The number of amides is 2. The van der Waals surface area contributed by atoms with E-state index < -0.39 is 16.7 Å². The van der Waals surface area contributed by atoms with Gasteiger partial charge in [0.05, 0.1) is 28.4 Å². The van der Waals surface area contributed by atoms with Crippen LogP contribution in [-0.4, -0.2) is 23.8 Å². The standard InChI is InChI=1S/C15H13ClN4O5/c1-25-13-5-3-9(20(23)24)7-12(13)19-15(22)14(21)18-11-4-2-8(17)6-10(11)16/h2-7H,17H2,1H3,(H,18,21)(H,19,22). The number of carbonyl (C=O) groups excluding carboxylic acids is 2. The molecule has 4 N–H and O–H groups in total. The SMILES string of the molecule is COc1ccc([N+](=O)[O-])cc1NC(=O)C(=O)Nc1ccc(N)cc1Cl. The molecule has 9 nitrogen and oxygen atoms in total. The van der Waals surface area contributed by atoms with Gasteiger partial charge in [0, 0.05) is 17.8 Å². The zero-order chi connectivity index (χ0) is 18.6. The zero-order valence-corrected chi connectivity index (χ0v) is 13.7. The average molecular weight is 365 g/mol. The maximum Gasteiger partial charge on any atom is 0.314 e. The van der Waals surface area contributed by atoms with Crippen LogP contribution in [0.5, 0.6) is 5.75 Å². The fourth-order valence-electron chi connectivity index (χ4n) is 1.90. The summed E-state index contributed by atoms with van der Waals surface area (Å²) in [5.74, 6) is -1.90. The maximum absolute atomic E-state index is 12.0. The fraction of sp³-hybridized carbons (Fsp3) is 0.0667. The smallest absolute Gasteiger partial charge is 0.314 e. The number of nitro groups is 1. The summed E-state index contributed by atoms with van der Waals surface area (Å²) in [6.07, 6.45) is 0. The van der Waals surface area contributed by atoms with E-state index in [9.17, 15) is 19.7 Å². The molecule has 2 aromatic rings. The number of ether oxygens (including phenoxy) is 1. The topological polar surface area (TPSA) is 137 Å². The van der Waals surface area contributed by atoms with Crippen LogP contribution >= 0.6 is 11.6 Å². The van der Waals surface area contributed by atoms with E-state index in [1.807, 2.05) is 0 Å². The predicted octanol–water partition coefficient (Wildman–Crippen LogP) is 2.42. The first-order valence-electron chi connectivity index (χ1n) is 6.81. The number of benzene rings is 2. The van der Waals surface area contributed by atoms with Crippen molar-refractivity contribution in [2.45, 2.75) is 0 Å². The minimum Gasteiger partial charge on any atom is -0.495 e. The van der Waals surface area contributed by atoms with Gasteiger partial charge in [-0.25, -0.2) is 0 Å². The second-order valence-corrected chi connectivity index (χ2v) is 5.20. The second kappa shape index (κ2) is 7.49. The molecule has 2 rings (SSSR count). The molecular formula is C15H13ClN4O5. The van der Waals surface area contributed by atoms with E-state index in [1.165, 1.54) is 37.4 Å². The maximum atomic E-state index is 12.0. The van der Waals surface area contributed by atoms with Crippen LogP contribution in [0, 0.1) is 10.1 Å². The van der Waals surface area contributed by atoms with Gasteiger partial charge in [-0.05, 0) is 24.3 Å². The van der Waals surface area contributed by atoms with E-state index >= 15 is 0 Å². The van der Waals surface area contributed by atoms with Gasteiger partial charge in [0.2, 0.25) is 0 Å². The minimum absolute atomic E-state index is 0.0137. The van der Waals surface area contributed by atoms with Gasteiger partial charge >= 0.3 is 11.8 Å². The summed E-state index contributed by atoms with van der Waals surface area (Å²) in [5.41, 5.74) is 5.86. The van der Waals surface area contributed by atoms with Crippen LogP contribution in [0.3, 0.4) is 0 Å². The summed E-state index contributed by atoms with van der Waals surface area (Å²) in [7, 11) is 1.32. The molecule has 0 aromatic heterocycles. The monoisotopic (exact) mass is 364 g/mol. The molecule has 0 aliphatic carbocycles. The Bertz CT molecular complexity index is 856. The molecule has 0 spiro atoms. The summed E-state index contributed by atoms with van der Waals surface area (Å²) in [6, 6.07) is 7.96. The van der Waals surface area contributed by atoms with E-state index in [4.69, 9.17) is 22.1 Å². The first-order chi connectivity index (χ1) is 11.8. The third-order valence-electron chi connectivity index (χ3n) is 3.09. The zero-order valence-electron chi connectivity index (χ0n) is 12.9. The number of carbonyl (C=O) groups is 2. The molecule has 10 heteroatoms. The molecule has 0 saturated heterocycles. The molecule has 0 bridgehead atoms. The number of methoxy groups -OCH3 is 1. The molecule has 2 aromatic carbocycles. The quantitative estimate of drug-likeness (QED) is 0.330. The summed E-state index contributed by atoms with van der Waals surface area (Å²) >= 11 is 5.92.